The quantitative estimate of drug-likeness (QED) is 0.553. The van der Waals surface area contributed by atoms with Crippen molar-refractivity contribution >= 4 is 17.8 Å². The van der Waals surface area contributed by atoms with Gasteiger partial charge in [0, 0.05) is 31.6 Å². The maximum Gasteiger partial charge on any atom is 0.471 e. The van der Waals surface area contributed by atoms with Crippen LogP contribution in [-0.4, -0.2) is 81.8 Å². The van der Waals surface area contributed by atoms with Crippen LogP contribution in [0.4, 0.5) is 13.2 Å². The molecule has 2 amide bonds. The molecule has 5 atom stereocenters. The minimum Gasteiger partial charge on any atom is -0.477 e. The summed E-state index contributed by atoms with van der Waals surface area (Å²) in [4.78, 5) is 38.1. The summed E-state index contributed by atoms with van der Waals surface area (Å²) in [7, 11) is 0. The van der Waals surface area contributed by atoms with Crippen molar-refractivity contribution in [2.24, 2.45) is 11.8 Å². The van der Waals surface area contributed by atoms with Gasteiger partial charge >= 0.3 is 18.1 Å². The SMILES string of the molecule is C[C@@H](O)C1C(=O)N2C(C(=O)O)=C(CN3CC[C@H](NC(=O)C(F)(F)F)C3)[C@H](C)[C@H]12. The van der Waals surface area contributed by atoms with Crippen molar-refractivity contribution < 1.29 is 37.8 Å². The highest BCUT2D eigenvalue weighted by molar-refractivity contribution is 6.00. The number of carbonyl (C=O) groups excluding carboxylic acids is 2. The van der Waals surface area contributed by atoms with Crippen molar-refractivity contribution in [1.29, 1.82) is 0 Å². The molecular weight excluding hydrogens is 383 g/mol. The Bertz CT molecular complexity index is 736. The first-order valence-corrected chi connectivity index (χ1v) is 9.01. The van der Waals surface area contributed by atoms with Crippen LogP contribution in [0, 0.1) is 11.8 Å². The minimum absolute atomic E-state index is 0.109. The number of amides is 2. The third-order valence-corrected chi connectivity index (χ3v) is 5.78. The molecule has 0 aromatic carbocycles. The summed E-state index contributed by atoms with van der Waals surface area (Å²) in [6, 6.07) is -1.11. The van der Waals surface area contributed by atoms with Crippen molar-refractivity contribution in [3.63, 3.8) is 0 Å². The molecule has 28 heavy (non-hydrogen) atoms. The maximum absolute atomic E-state index is 12.4. The molecule has 2 fully saturated rings. The molecule has 2 saturated heterocycles. The van der Waals surface area contributed by atoms with Crippen LogP contribution in [0.15, 0.2) is 11.3 Å². The Morgan fingerprint density at radius 3 is 2.54 bits per heavy atom. The van der Waals surface area contributed by atoms with Gasteiger partial charge in [-0.25, -0.2) is 4.79 Å². The minimum atomic E-state index is -4.95. The molecule has 11 heteroatoms. The predicted molar refractivity (Wildman–Crippen MR) is 88.7 cm³/mol. The summed E-state index contributed by atoms with van der Waals surface area (Å²) >= 11 is 0. The number of aliphatic hydroxyl groups excluding tert-OH is 1. The molecule has 3 aliphatic heterocycles. The number of rotatable bonds is 5. The van der Waals surface area contributed by atoms with Gasteiger partial charge in [-0.2, -0.15) is 13.2 Å². The van der Waals surface area contributed by atoms with Crippen LogP contribution in [0.1, 0.15) is 20.3 Å². The molecule has 3 heterocycles. The summed E-state index contributed by atoms with van der Waals surface area (Å²) < 4.78 is 37.2. The standard InChI is InChI=1S/C17H22F3N3O5/c1-7-10(6-22-4-3-9(5-22)21-16(28)17(18,19)20)13(15(26)27)23-12(7)11(8(2)24)14(23)25/h7-9,11-12,24H,3-6H2,1-2H3,(H,21,28)(H,26,27)/t7-,8+,9-,11?,12+/m0/s1. The first kappa shape index (κ1) is 20.6. The van der Waals surface area contributed by atoms with Gasteiger partial charge in [0.25, 0.3) is 0 Å². The number of carbonyl (C=O) groups is 3. The fourth-order valence-electron chi connectivity index (χ4n) is 4.46. The molecule has 0 radical (unpaired) electrons. The largest absolute Gasteiger partial charge is 0.477 e. The number of hydrogen-bond acceptors (Lipinski definition) is 5. The summed E-state index contributed by atoms with van der Waals surface area (Å²) in [5.41, 5.74) is 0.402. The molecule has 0 aromatic rings. The van der Waals surface area contributed by atoms with Crippen LogP contribution >= 0.6 is 0 Å². The van der Waals surface area contributed by atoms with E-state index in [1.54, 1.807) is 11.8 Å². The van der Waals surface area contributed by atoms with Crippen LogP contribution in [0.3, 0.4) is 0 Å². The number of carboxylic acids is 1. The van der Waals surface area contributed by atoms with E-state index in [1.807, 2.05) is 5.32 Å². The molecule has 0 aromatic heterocycles. The number of fused-ring (bicyclic) bond motifs is 1. The average molecular weight is 405 g/mol. The highest BCUT2D eigenvalue weighted by atomic mass is 19.4. The molecule has 8 nitrogen and oxygen atoms in total. The van der Waals surface area contributed by atoms with Gasteiger partial charge in [-0.1, -0.05) is 6.92 Å². The van der Waals surface area contributed by atoms with Crippen LogP contribution in [0.2, 0.25) is 0 Å². The van der Waals surface area contributed by atoms with Gasteiger partial charge in [-0.3, -0.25) is 14.5 Å². The third kappa shape index (κ3) is 3.37. The first-order valence-electron chi connectivity index (χ1n) is 9.01. The zero-order valence-electron chi connectivity index (χ0n) is 15.4. The van der Waals surface area contributed by atoms with E-state index in [-0.39, 0.29) is 24.7 Å². The second-order valence-corrected chi connectivity index (χ2v) is 7.62. The zero-order valence-corrected chi connectivity index (χ0v) is 15.4. The molecule has 1 unspecified atom stereocenters. The summed E-state index contributed by atoms with van der Waals surface area (Å²) in [5.74, 6) is -4.64. The number of halogens is 3. The van der Waals surface area contributed by atoms with Crippen molar-refractivity contribution in [3.05, 3.63) is 11.3 Å². The Labute approximate surface area is 159 Å². The summed E-state index contributed by atoms with van der Waals surface area (Å²) in [6.45, 7) is 3.99. The van der Waals surface area contributed by atoms with Crippen molar-refractivity contribution in [2.45, 2.75) is 44.6 Å². The fraction of sp³-hybridized carbons (Fsp3) is 0.706. The summed E-state index contributed by atoms with van der Waals surface area (Å²) in [6.07, 6.45) is -5.54. The third-order valence-electron chi connectivity index (χ3n) is 5.78. The monoisotopic (exact) mass is 405 g/mol. The number of carboxylic acid groups (broad SMARTS) is 1. The average Bonchev–Trinajstić information content (AvgIpc) is 3.09. The lowest BCUT2D eigenvalue weighted by Gasteiger charge is -2.46. The lowest BCUT2D eigenvalue weighted by molar-refractivity contribution is -0.174. The number of β-lactam (4-membered cyclic amide) rings is 1. The first-order chi connectivity index (χ1) is 12.9. The number of hydrogen-bond donors (Lipinski definition) is 3. The zero-order chi connectivity index (χ0) is 21.0. The molecule has 0 bridgehead atoms. The molecule has 0 spiro atoms. The Morgan fingerprint density at radius 1 is 1.36 bits per heavy atom. The lowest BCUT2D eigenvalue weighted by Crippen LogP contribution is -2.63. The highest BCUT2D eigenvalue weighted by Gasteiger charge is 2.59. The van der Waals surface area contributed by atoms with E-state index >= 15 is 0 Å². The van der Waals surface area contributed by atoms with Gasteiger partial charge in [-0.05, 0) is 18.9 Å². The number of alkyl halides is 3. The van der Waals surface area contributed by atoms with E-state index in [0.29, 0.717) is 18.5 Å². The number of nitrogens with zero attached hydrogens (tertiary/aromatic N) is 2. The molecular formula is C17H22F3N3O5. The second-order valence-electron chi connectivity index (χ2n) is 7.62. The van der Waals surface area contributed by atoms with Crippen LogP contribution in [0.5, 0.6) is 0 Å². The van der Waals surface area contributed by atoms with Crippen LogP contribution in [0.25, 0.3) is 0 Å². The van der Waals surface area contributed by atoms with E-state index in [4.69, 9.17) is 0 Å². The topological polar surface area (TPSA) is 110 Å². The van der Waals surface area contributed by atoms with E-state index < -0.39 is 48.1 Å². The van der Waals surface area contributed by atoms with Gasteiger partial charge in [0.2, 0.25) is 5.91 Å². The van der Waals surface area contributed by atoms with Gasteiger partial charge in [0.1, 0.15) is 5.70 Å². The Balaban J connectivity index is 1.71. The van der Waals surface area contributed by atoms with Gasteiger partial charge in [0.05, 0.1) is 18.1 Å². The molecule has 3 aliphatic rings. The Hall–Kier alpha value is -2.14. The van der Waals surface area contributed by atoms with Crippen molar-refractivity contribution in [1.82, 2.24) is 15.1 Å². The highest BCUT2D eigenvalue weighted by Crippen LogP contribution is 2.47. The normalized spacial score (nSPS) is 31.6. The second kappa shape index (κ2) is 7.03. The van der Waals surface area contributed by atoms with Crippen LogP contribution in [-0.2, 0) is 14.4 Å². The number of aliphatic hydroxyl groups is 1. The molecule has 156 valence electrons. The van der Waals surface area contributed by atoms with Crippen LogP contribution < -0.4 is 5.32 Å². The Morgan fingerprint density at radius 2 is 2.00 bits per heavy atom. The number of nitrogens with one attached hydrogen (secondary N) is 1. The predicted octanol–water partition coefficient (Wildman–Crippen LogP) is -0.0646. The van der Waals surface area contributed by atoms with E-state index in [1.165, 1.54) is 11.8 Å². The fourth-order valence-corrected chi connectivity index (χ4v) is 4.46. The number of aliphatic carboxylic acids is 1. The van der Waals surface area contributed by atoms with Gasteiger partial charge < -0.3 is 20.4 Å². The van der Waals surface area contributed by atoms with Gasteiger partial charge in [0.15, 0.2) is 0 Å². The smallest absolute Gasteiger partial charge is 0.471 e. The van der Waals surface area contributed by atoms with E-state index in [2.05, 4.69) is 0 Å². The van der Waals surface area contributed by atoms with Gasteiger partial charge in [-0.15, -0.1) is 0 Å². The Kier molecular flexibility index (Phi) is 5.17. The maximum atomic E-state index is 12.4. The molecule has 3 rings (SSSR count). The lowest BCUT2D eigenvalue weighted by atomic mass is 9.77. The molecule has 0 saturated carbocycles. The molecule has 3 N–H and O–H groups in total. The van der Waals surface area contributed by atoms with Crippen molar-refractivity contribution in [2.75, 3.05) is 19.6 Å². The van der Waals surface area contributed by atoms with E-state index in [0.717, 1.165) is 0 Å². The van der Waals surface area contributed by atoms with E-state index in [9.17, 15) is 37.8 Å². The summed E-state index contributed by atoms with van der Waals surface area (Å²) in [5, 5.41) is 21.4. The van der Waals surface area contributed by atoms with Crippen molar-refractivity contribution in [3.8, 4) is 0 Å². The molecule has 0 aliphatic carbocycles. The number of likely N-dealkylation sites (tertiary alicyclic amines) is 1.